The molecule has 1 aliphatic carbocycles. The van der Waals surface area contributed by atoms with Crippen LogP contribution in [0.15, 0.2) is 41.6 Å². The van der Waals surface area contributed by atoms with E-state index in [1.165, 1.54) is 10.6 Å². The molecule has 11 heteroatoms. The van der Waals surface area contributed by atoms with Crippen LogP contribution in [-0.2, 0) is 18.1 Å². The number of halogens is 4. The first-order valence-corrected chi connectivity index (χ1v) is 11.5. The van der Waals surface area contributed by atoms with Gasteiger partial charge in [0.05, 0.1) is 28.0 Å². The number of imidazole rings is 1. The summed E-state index contributed by atoms with van der Waals surface area (Å²) in [6.07, 6.45) is -0.843. The van der Waals surface area contributed by atoms with Crippen LogP contribution in [0.2, 0.25) is 5.02 Å². The summed E-state index contributed by atoms with van der Waals surface area (Å²) in [5, 5.41) is -0.414. The smallest absolute Gasteiger partial charge is 0.417 e. The number of aromatic nitrogens is 3. The SMILES string of the molecule is Cc1cn(-c2ccc3n(c2=O)CCN(C[C@]24C[C@@]2(C)Oc2cc(Cl)c(C(F)(F)F)cc24)C3=O)cn1. The summed E-state index contributed by atoms with van der Waals surface area (Å²) in [5.74, 6) is -0.0260. The van der Waals surface area contributed by atoms with Gasteiger partial charge in [-0.15, -0.1) is 0 Å². The fourth-order valence-electron chi connectivity index (χ4n) is 5.51. The Labute approximate surface area is 202 Å². The van der Waals surface area contributed by atoms with Gasteiger partial charge < -0.3 is 18.8 Å². The number of hydrogen-bond donors (Lipinski definition) is 0. The lowest BCUT2D eigenvalue weighted by molar-refractivity contribution is -0.137. The van der Waals surface area contributed by atoms with Crippen molar-refractivity contribution in [3.05, 3.63) is 74.7 Å². The van der Waals surface area contributed by atoms with E-state index in [1.54, 1.807) is 34.1 Å². The highest BCUT2D eigenvalue weighted by molar-refractivity contribution is 6.31. The lowest BCUT2D eigenvalue weighted by Crippen LogP contribution is -2.48. The van der Waals surface area contributed by atoms with E-state index in [4.69, 9.17) is 16.3 Å². The van der Waals surface area contributed by atoms with Crippen LogP contribution in [0.5, 0.6) is 5.75 Å². The maximum absolute atomic E-state index is 13.5. The van der Waals surface area contributed by atoms with Crippen LogP contribution < -0.4 is 10.3 Å². The number of amides is 1. The van der Waals surface area contributed by atoms with Crippen LogP contribution in [0, 0.1) is 6.92 Å². The van der Waals surface area contributed by atoms with Crippen molar-refractivity contribution in [3.8, 4) is 11.4 Å². The van der Waals surface area contributed by atoms with E-state index < -0.39 is 27.8 Å². The molecule has 35 heavy (non-hydrogen) atoms. The minimum absolute atomic E-state index is 0.185. The lowest BCUT2D eigenvalue weighted by Gasteiger charge is -2.32. The van der Waals surface area contributed by atoms with Gasteiger partial charge in [0, 0.05) is 37.8 Å². The van der Waals surface area contributed by atoms with E-state index in [0.717, 1.165) is 11.8 Å². The van der Waals surface area contributed by atoms with Gasteiger partial charge in [0.2, 0.25) is 0 Å². The van der Waals surface area contributed by atoms with Crippen LogP contribution >= 0.6 is 11.6 Å². The summed E-state index contributed by atoms with van der Waals surface area (Å²) in [6.45, 7) is 4.36. The van der Waals surface area contributed by atoms with Crippen molar-refractivity contribution >= 4 is 17.5 Å². The van der Waals surface area contributed by atoms with Crippen LogP contribution in [0.25, 0.3) is 5.69 Å². The number of pyridine rings is 1. The number of ether oxygens (including phenoxy) is 1. The highest BCUT2D eigenvalue weighted by atomic mass is 35.5. The third kappa shape index (κ3) is 3.08. The normalized spacial score (nSPS) is 24.6. The van der Waals surface area contributed by atoms with Crippen molar-refractivity contribution < 1.29 is 22.7 Å². The molecule has 182 valence electrons. The zero-order chi connectivity index (χ0) is 24.9. The van der Waals surface area contributed by atoms with Gasteiger partial charge in [-0.05, 0) is 38.1 Å². The predicted octanol–water partition coefficient (Wildman–Crippen LogP) is 3.96. The molecule has 0 unspecified atom stereocenters. The molecule has 3 aliphatic rings. The Morgan fingerprint density at radius 1 is 1.20 bits per heavy atom. The molecule has 0 saturated heterocycles. The van der Waals surface area contributed by atoms with Gasteiger partial charge >= 0.3 is 6.18 Å². The number of nitrogens with zero attached hydrogens (tertiary/aromatic N) is 4. The van der Waals surface area contributed by atoms with Crippen LogP contribution in [0.4, 0.5) is 13.2 Å². The average Bonchev–Trinajstić information content (AvgIpc) is 3.02. The largest absolute Gasteiger partial charge is 0.486 e. The molecule has 7 nitrogen and oxygen atoms in total. The Kier molecular flexibility index (Phi) is 4.38. The van der Waals surface area contributed by atoms with Gasteiger partial charge in [-0.25, -0.2) is 4.98 Å². The van der Waals surface area contributed by atoms with Crippen LogP contribution in [0.3, 0.4) is 0 Å². The van der Waals surface area contributed by atoms with E-state index in [-0.39, 0.29) is 36.8 Å². The topological polar surface area (TPSA) is 69.4 Å². The molecule has 1 amide bonds. The number of aryl methyl sites for hydroxylation is 1. The molecule has 2 aromatic heterocycles. The molecular formula is C24H20ClF3N4O3. The molecule has 2 aliphatic heterocycles. The Morgan fingerprint density at radius 3 is 2.66 bits per heavy atom. The first kappa shape index (κ1) is 22.2. The van der Waals surface area contributed by atoms with Gasteiger partial charge in [0.15, 0.2) is 0 Å². The van der Waals surface area contributed by atoms with Crippen molar-refractivity contribution in [1.82, 2.24) is 19.0 Å². The van der Waals surface area contributed by atoms with E-state index >= 15 is 0 Å². The second-order valence-corrected chi connectivity index (χ2v) is 10.0. The molecule has 0 bridgehead atoms. The summed E-state index contributed by atoms with van der Waals surface area (Å²) < 4.78 is 49.6. The number of benzene rings is 1. The number of fused-ring (bicyclic) bond motifs is 4. The van der Waals surface area contributed by atoms with E-state index in [1.807, 2.05) is 13.8 Å². The summed E-state index contributed by atoms with van der Waals surface area (Å²) in [6, 6.07) is 5.46. The van der Waals surface area contributed by atoms with Gasteiger partial charge in [0.25, 0.3) is 11.5 Å². The van der Waals surface area contributed by atoms with Crippen LogP contribution in [0.1, 0.15) is 40.7 Å². The van der Waals surface area contributed by atoms with Crippen molar-refractivity contribution in [3.63, 3.8) is 0 Å². The van der Waals surface area contributed by atoms with E-state index in [9.17, 15) is 22.8 Å². The third-order valence-corrected chi connectivity index (χ3v) is 7.77. The molecular weight excluding hydrogens is 485 g/mol. The first-order chi connectivity index (χ1) is 16.4. The second-order valence-electron chi connectivity index (χ2n) is 9.63. The van der Waals surface area contributed by atoms with Crippen LogP contribution in [-0.4, -0.2) is 43.6 Å². The van der Waals surface area contributed by atoms with Gasteiger partial charge in [-0.2, -0.15) is 13.2 Å². The number of hydrogen-bond acceptors (Lipinski definition) is 4. The summed E-state index contributed by atoms with van der Waals surface area (Å²) >= 11 is 5.89. The number of carbonyl (C=O) groups excluding carboxylic acids is 1. The highest BCUT2D eigenvalue weighted by Gasteiger charge is 2.73. The molecule has 1 aromatic carbocycles. The Balaban J connectivity index is 1.33. The Hall–Kier alpha value is -3.27. The monoisotopic (exact) mass is 504 g/mol. The fraction of sp³-hybridized carbons (Fsp3) is 0.375. The minimum Gasteiger partial charge on any atom is -0.486 e. The zero-order valence-electron chi connectivity index (χ0n) is 18.8. The molecule has 6 rings (SSSR count). The van der Waals surface area contributed by atoms with E-state index in [0.29, 0.717) is 23.4 Å². The first-order valence-electron chi connectivity index (χ1n) is 11.1. The molecule has 2 atom stereocenters. The number of rotatable bonds is 3. The van der Waals surface area contributed by atoms with E-state index in [2.05, 4.69) is 4.98 Å². The van der Waals surface area contributed by atoms with Gasteiger partial charge in [-0.3, -0.25) is 9.59 Å². The van der Waals surface area contributed by atoms with Crippen molar-refractivity contribution in [1.29, 1.82) is 0 Å². The predicted molar refractivity (Wildman–Crippen MR) is 120 cm³/mol. The molecule has 0 radical (unpaired) electrons. The second kappa shape index (κ2) is 6.90. The average molecular weight is 505 g/mol. The van der Waals surface area contributed by atoms with Crippen molar-refractivity contribution in [2.24, 2.45) is 0 Å². The van der Waals surface area contributed by atoms with Crippen molar-refractivity contribution in [2.45, 2.75) is 44.0 Å². The summed E-state index contributed by atoms with van der Waals surface area (Å²) in [5.41, 5.74) is -0.899. The number of alkyl halides is 3. The highest BCUT2D eigenvalue weighted by Crippen LogP contribution is 2.67. The Bertz CT molecular complexity index is 1480. The van der Waals surface area contributed by atoms with Crippen molar-refractivity contribution in [2.75, 3.05) is 13.1 Å². The maximum atomic E-state index is 13.5. The molecule has 0 spiro atoms. The molecule has 3 aromatic rings. The standard InChI is InChI=1S/C24H20ClF3N4O3/c1-13-9-31(12-29-13)17-3-4-18-20(33)30(5-6-32(18)21(17)34)11-23-10-22(23,2)35-19-8-16(25)14(7-15(19)23)24(26,27)28/h3-4,7-9,12H,5-6,10-11H2,1-2H3/t22-,23+/m1/s1. The minimum atomic E-state index is -4.60. The quantitative estimate of drug-likeness (QED) is 0.541. The molecule has 4 heterocycles. The third-order valence-electron chi connectivity index (χ3n) is 7.46. The lowest BCUT2D eigenvalue weighted by atomic mass is 9.91. The fourth-order valence-corrected chi connectivity index (χ4v) is 5.77. The summed E-state index contributed by atoms with van der Waals surface area (Å²) in [7, 11) is 0. The molecule has 1 fully saturated rings. The Morgan fingerprint density at radius 2 is 1.97 bits per heavy atom. The number of carbonyl (C=O) groups is 1. The molecule has 0 N–H and O–H groups in total. The van der Waals surface area contributed by atoms with Gasteiger partial charge in [0.1, 0.15) is 22.7 Å². The summed E-state index contributed by atoms with van der Waals surface area (Å²) in [4.78, 5) is 32.2. The van der Waals surface area contributed by atoms with Gasteiger partial charge in [-0.1, -0.05) is 11.6 Å². The maximum Gasteiger partial charge on any atom is 0.417 e. The zero-order valence-corrected chi connectivity index (χ0v) is 19.6. The molecule has 1 saturated carbocycles.